The maximum absolute atomic E-state index is 4.18. The van der Waals surface area contributed by atoms with Crippen LogP contribution in [0.3, 0.4) is 0 Å². The predicted octanol–water partition coefficient (Wildman–Crippen LogP) is -0.679. The first kappa shape index (κ1) is 9.35. The molecule has 0 spiro atoms. The standard InChI is InChI=1S/C8H16N4/c1-2-10-5-6-12-8-7-11-4-3-9-1/h1,7,10,12H,2-6,8H2. The molecule has 0 radical (unpaired) electrons. The van der Waals surface area contributed by atoms with Crippen LogP contribution in [0.15, 0.2) is 9.98 Å². The molecule has 0 saturated heterocycles. The number of hydrogen-bond acceptors (Lipinski definition) is 4. The monoisotopic (exact) mass is 168 g/mol. The van der Waals surface area contributed by atoms with Crippen molar-refractivity contribution in [3.8, 4) is 0 Å². The quantitative estimate of drug-likeness (QED) is 0.503. The highest BCUT2D eigenvalue weighted by Gasteiger charge is 1.86. The first-order valence-corrected chi connectivity index (χ1v) is 4.38. The summed E-state index contributed by atoms with van der Waals surface area (Å²) in [5, 5.41) is 6.49. The fraction of sp³-hybridized carbons (Fsp3) is 0.750. The summed E-state index contributed by atoms with van der Waals surface area (Å²) in [5.41, 5.74) is 0. The van der Waals surface area contributed by atoms with Crippen molar-refractivity contribution in [2.24, 2.45) is 9.98 Å². The van der Waals surface area contributed by atoms with Crippen molar-refractivity contribution >= 4 is 12.4 Å². The normalized spacial score (nSPS) is 21.3. The largest absolute Gasteiger partial charge is 0.310 e. The van der Waals surface area contributed by atoms with Gasteiger partial charge in [-0.25, -0.2) is 0 Å². The lowest BCUT2D eigenvalue weighted by Crippen LogP contribution is -2.29. The fourth-order valence-electron chi connectivity index (χ4n) is 0.937. The summed E-state index contributed by atoms with van der Waals surface area (Å²) in [7, 11) is 0. The lowest BCUT2D eigenvalue weighted by atomic mass is 10.5. The molecule has 0 fully saturated rings. The van der Waals surface area contributed by atoms with Crippen molar-refractivity contribution in [3.05, 3.63) is 0 Å². The Morgan fingerprint density at radius 3 is 1.83 bits per heavy atom. The van der Waals surface area contributed by atoms with Gasteiger partial charge < -0.3 is 10.6 Å². The molecule has 12 heavy (non-hydrogen) atoms. The van der Waals surface area contributed by atoms with Crippen LogP contribution in [0.25, 0.3) is 0 Å². The van der Waals surface area contributed by atoms with E-state index >= 15 is 0 Å². The molecule has 1 aliphatic heterocycles. The van der Waals surface area contributed by atoms with E-state index in [4.69, 9.17) is 0 Å². The van der Waals surface area contributed by atoms with Gasteiger partial charge in [0, 0.05) is 38.6 Å². The number of hydrogen-bond donors (Lipinski definition) is 2. The smallest absolute Gasteiger partial charge is 0.0581 e. The van der Waals surface area contributed by atoms with Crippen molar-refractivity contribution in [1.29, 1.82) is 0 Å². The molecule has 1 heterocycles. The third-order valence-corrected chi connectivity index (χ3v) is 1.57. The van der Waals surface area contributed by atoms with E-state index in [1.54, 1.807) is 0 Å². The molecular formula is C8H16N4. The van der Waals surface area contributed by atoms with E-state index < -0.39 is 0 Å². The van der Waals surface area contributed by atoms with Gasteiger partial charge in [0.05, 0.1) is 13.1 Å². The third-order valence-electron chi connectivity index (χ3n) is 1.57. The second-order valence-electron chi connectivity index (χ2n) is 2.59. The van der Waals surface area contributed by atoms with Gasteiger partial charge >= 0.3 is 0 Å². The van der Waals surface area contributed by atoms with Crippen LogP contribution in [0.1, 0.15) is 0 Å². The Balaban J connectivity index is 2.19. The van der Waals surface area contributed by atoms with Gasteiger partial charge in [-0.3, -0.25) is 9.98 Å². The fourth-order valence-corrected chi connectivity index (χ4v) is 0.937. The lowest BCUT2D eigenvalue weighted by molar-refractivity contribution is 0.684. The Bertz CT molecular complexity index is 135. The number of nitrogens with zero attached hydrogens (tertiary/aromatic N) is 2. The van der Waals surface area contributed by atoms with E-state index in [0.29, 0.717) is 0 Å². The van der Waals surface area contributed by atoms with Crippen LogP contribution in [0.2, 0.25) is 0 Å². The van der Waals surface area contributed by atoms with Crippen LogP contribution in [0.5, 0.6) is 0 Å². The zero-order valence-electron chi connectivity index (χ0n) is 7.29. The number of rotatable bonds is 0. The molecule has 4 heteroatoms. The van der Waals surface area contributed by atoms with E-state index in [9.17, 15) is 0 Å². The Morgan fingerprint density at radius 1 is 0.833 bits per heavy atom. The van der Waals surface area contributed by atoms with Gasteiger partial charge in [0.15, 0.2) is 0 Å². The average molecular weight is 168 g/mol. The molecule has 4 nitrogen and oxygen atoms in total. The molecule has 68 valence electrons. The minimum Gasteiger partial charge on any atom is -0.310 e. The second-order valence-corrected chi connectivity index (χ2v) is 2.59. The maximum atomic E-state index is 4.18. The summed E-state index contributed by atoms with van der Waals surface area (Å²) in [4.78, 5) is 8.37. The van der Waals surface area contributed by atoms with Crippen LogP contribution in [-0.4, -0.2) is 51.7 Å². The van der Waals surface area contributed by atoms with Crippen LogP contribution in [0.4, 0.5) is 0 Å². The zero-order valence-corrected chi connectivity index (χ0v) is 7.29. The molecule has 0 bridgehead atoms. The van der Waals surface area contributed by atoms with Crippen LogP contribution in [-0.2, 0) is 0 Å². The van der Waals surface area contributed by atoms with Crippen molar-refractivity contribution in [3.63, 3.8) is 0 Å². The summed E-state index contributed by atoms with van der Waals surface area (Å²) in [5.74, 6) is 0. The SMILES string of the molecule is C1=NCCN=CCNCCNC1. The van der Waals surface area contributed by atoms with Crippen molar-refractivity contribution < 1.29 is 0 Å². The van der Waals surface area contributed by atoms with Gasteiger partial charge in [0.25, 0.3) is 0 Å². The van der Waals surface area contributed by atoms with E-state index in [-0.39, 0.29) is 0 Å². The third kappa shape index (κ3) is 4.98. The van der Waals surface area contributed by atoms with Gasteiger partial charge in [-0.2, -0.15) is 0 Å². The molecule has 0 aromatic heterocycles. The Morgan fingerprint density at radius 2 is 1.33 bits per heavy atom. The number of aliphatic imine (C=N–C) groups is 2. The number of nitrogens with one attached hydrogen (secondary N) is 2. The zero-order chi connectivity index (χ0) is 8.49. The molecule has 0 aliphatic carbocycles. The van der Waals surface area contributed by atoms with E-state index in [1.165, 1.54) is 0 Å². The van der Waals surface area contributed by atoms with Crippen LogP contribution < -0.4 is 10.6 Å². The minimum absolute atomic E-state index is 0.804. The minimum atomic E-state index is 0.804. The van der Waals surface area contributed by atoms with Crippen LogP contribution in [0, 0.1) is 0 Å². The molecule has 0 aromatic rings. The van der Waals surface area contributed by atoms with Crippen molar-refractivity contribution in [1.82, 2.24) is 10.6 Å². The van der Waals surface area contributed by atoms with E-state index in [0.717, 1.165) is 39.3 Å². The van der Waals surface area contributed by atoms with Crippen molar-refractivity contribution in [2.75, 3.05) is 39.3 Å². The molecule has 0 saturated carbocycles. The highest BCUT2D eigenvalue weighted by atomic mass is 15.0. The maximum Gasteiger partial charge on any atom is 0.0581 e. The summed E-state index contributed by atoms with van der Waals surface area (Å²) >= 11 is 0. The van der Waals surface area contributed by atoms with Gasteiger partial charge in [0.2, 0.25) is 0 Å². The molecule has 2 N–H and O–H groups in total. The summed E-state index contributed by atoms with van der Waals surface area (Å²) in [6.45, 7) is 5.31. The molecule has 1 aliphatic rings. The van der Waals surface area contributed by atoms with E-state index in [1.807, 2.05) is 12.4 Å². The van der Waals surface area contributed by atoms with Gasteiger partial charge in [-0.05, 0) is 0 Å². The molecule has 0 atom stereocenters. The highest BCUT2D eigenvalue weighted by Crippen LogP contribution is 1.72. The summed E-state index contributed by atoms with van der Waals surface area (Å²) in [6, 6.07) is 0. The first-order valence-electron chi connectivity index (χ1n) is 4.38. The average Bonchev–Trinajstić information content (AvgIpc) is 2.05. The lowest BCUT2D eigenvalue weighted by Gasteiger charge is -2.02. The Labute approximate surface area is 73.2 Å². The van der Waals surface area contributed by atoms with Gasteiger partial charge in [-0.15, -0.1) is 0 Å². The second kappa shape index (κ2) is 6.94. The Hall–Kier alpha value is -0.740. The Kier molecular flexibility index (Phi) is 5.41. The first-order chi connectivity index (χ1) is 6.00. The predicted molar refractivity (Wildman–Crippen MR) is 52.5 cm³/mol. The molecule has 1 rings (SSSR count). The topological polar surface area (TPSA) is 48.8 Å². The van der Waals surface area contributed by atoms with Crippen LogP contribution >= 0.6 is 0 Å². The molecule has 0 aromatic carbocycles. The van der Waals surface area contributed by atoms with Gasteiger partial charge in [-0.1, -0.05) is 0 Å². The molecule has 0 unspecified atom stereocenters. The van der Waals surface area contributed by atoms with Gasteiger partial charge in [0.1, 0.15) is 0 Å². The van der Waals surface area contributed by atoms with E-state index in [2.05, 4.69) is 20.6 Å². The summed E-state index contributed by atoms with van der Waals surface area (Å²) in [6.07, 6.45) is 3.83. The molecular weight excluding hydrogens is 152 g/mol. The molecule has 0 amide bonds. The van der Waals surface area contributed by atoms with Crippen molar-refractivity contribution in [2.45, 2.75) is 0 Å². The highest BCUT2D eigenvalue weighted by molar-refractivity contribution is 5.60. The summed E-state index contributed by atoms with van der Waals surface area (Å²) < 4.78 is 0.